The van der Waals surface area contributed by atoms with Gasteiger partial charge in [-0.1, -0.05) is 0 Å². The third-order valence-corrected chi connectivity index (χ3v) is 4.30. The smallest absolute Gasteiger partial charge is 0.129 e. The molecule has 2 unspecified atom stereocenters. The lowest BCUT2D eigenvalue weighted by atomic mass is 9.97. The lowest BCUT2D eigenvalue weighted by Crippen LogP contribution is -2.44. The Hall–Kier alpha value is -0.570. The Morgan fingerprint density at radius 2 is 1.88 bits per heavy atom. The molecule has 0 radical (unpaired) electrons. The molecule has 0 aromatic carbocycles. The van der Waals surface area contributed by atoms with Crippen LogP contribution in [0.15, 0.2) is 16.6 Å². The van der Waals surface area contributed by atoms with Crippen LogP contribution < -0.4 is 4.90 Å². The Morgan fingerprint density at radius 3 is 2.44 bits per heavy atom. The van der Waals surface area contributed by atoms with Gasteiger partial charge in [-0.2, -0.15) is 0 Å². The molecule has 0 aliphatic carbocycles. The molecule has 0 N–H and O–H groups in total. The van der Waals surface area contributed by atoms with E-state index in [4.69, 9.17) is 0 Å². The predicted octanol–water partition coefficient (Wildman–Crippen LogP) is 3.92. The van der Waals surface area contributed by atoms with Crippen LogP contribution in [0, 0.1) is 6.92 Å². The maximum Gasteiger partial charge on any atom is 0.129 e. The molecular weight excluding hydrogens is 264 g/mol. The third-order valence-electron chi connectivity index (χ3n) is 3.46. The second kappa shape index (κ2) is 4.74. The van der Waals surface area contributed by atoms with Crippen molar-refractivity contribution in [3.63, 3.8) is 0 Å². The summed E-state index contributed by atoms with van der Waals surface area (Å²) in [5, 5.41) is 0. The van der Waals surface area contributed by atoms with Crippen molar-refractivity contribution in [2.75, 3.05) is 4.90 Å². The Labute approximate surface area is 106 Å². The average Bonchev–Trinajstić information content (AvgIpc) is 2.23. The fraction of sp³-hybridized carbons (Fsp3) is 0.615. The molecule has 1 aromatic rings. The maximum absolute atomic E-state index is 4.68. The van der Waals surface area contributed by atoms with Gasteiger partial charge in [0.2, 0.25) is 0 Å². The van der Waals surface area contributed by atoms with Crippen molar-refractivity contribution < 1.29 is 0 Å². The number of hydrogen-bond donors (Lipinski definition) is 0. The first-order valence-electron chi connectivity index (χ1n) is 6.01. The zero-order valence-electron chi connectivity index (χ0n) is 10.2. The maximum atomic E-state index is 4.68. The van der Waals surface area contributed by atoms with E-state index in [0.29, 0.717) is 12.1 Å². The summed E-state index contributed by atoms with van der Waals surface area (Å²) in [6, 6.07) is 5.44. The van der Waals surface area contributed by atoms with Crippen LogP contribution in [0.4, 0.5) is 5.82 Å². The van der Waals surface area contributed by atoms with E-state index < -0.39 is 0 Å². The van der Waals surface area contributed by atoms with Gasteiger partial charge in [0.15, 0.2) is 0 Å². The molecule has 88 valence electrons. The Kier molecular flexibility index (Phi) is 3.53. The second-order valence-electron chi connectivity index (χ2n) is 4.77. The molecule has 0 amide bonds. The number of halogens is 1. The molecule has 3 heteroatoms. The van der Waals surface area contributed by atoms with Gasteiger partial charge in [0.25, 0.3) is 0 Å². The van der Waals surface area contributed by atoms with Crippen LogP contribution in [0.2, 0.25) is 0 Å². The van der Waals surface area contributed by atoms with Crippen molar-refractivity contribution in [1.29, 1.82) is 0 Å². The highest BCUT2D eigenvalue weighted by Crippen LogP contribution is 2.29. The molecule has 2 atom stereocenters. The van der Waals surface area contributed by atoms with E-state index in [-0.39, 0.29) is 0 Å². The number of rotatable bonds is 1. The molecule has 0 spiro atoms. The van der Waals surface area contributed by atoms with Gasteiger partial charge < -0.3 is 4.90 Å². The second-order valence-corrected chi connectivity index (χ2v) is 5.63. The van der Waals surface area contributed by atoms with Crippen molar-refractivity contribution in [2.24, 2.45) is 0 Å². The quantitative estimate of drug-likeness (QED) is 0.776. The SMILES string of the molecule is Cc1nc(N2C(C)CCCC2C)ccc1Br. The highest BCUT2D eigenvalue weighted by molar-refractivity contribution is 9.10. The van der Waals surface area contributed by atoms with Gasteiger partial charge in [-0.25, -0.2) is 4.98 Å². The van der Waals surface area contributed by atoms with Gasteiger partial charge in [-0.05, 0) is 68.1 Å². The van der Waals surface area contributed by atoms with Crippen molar-refractivity contribution >= 4 is 21.7 Å². The van der Waals surface area contributed by atoms with Crippen LogP contribution in [0.5, 0.6) is 0 Å². The zero-order chi connectivity index (χ0) is 11.7. The van der Waals surface area contributed by atoms with E-state index in [1.165, 1.54) is 19.3 Å². The first-order chi connectivity index (χ1) is 7.59. The number of aromatic nitrogens is 1. The minimum atomic E-state index is 0.608. The van der Waals surface area contributed by atoms with Crippen LogP contribution >= 0.6 is 15.9 Å². The van der Waals surface area contributed by atoms with Crippen molar-refractivity contribution in [2.45, 2.75) is 52.1 Å². The van der Waals surface area contributed by atoms with E-state index in [9.17, 15) is 0 Å². The Balaban J connectivity index is 2.30. The van der Waals surface area contributed by atoms with Gasteiger partial charge in [-0.15, -0.1) is 0 Å². The normalized spacial score (nSPS) is 25.9. The van der Waals surface area contributed by atoms with Gasteiger partial charge in [0, 0.05) is 16.6 Å². The summed E-state index contributed by atoms with van der Waals surface area (Å²) in [5.74, 6) is 1.13. The first kappa shape index (κ1) is 11.9. The molecule has 2 heterocycles. The van der Waals surface area contributed by atoms with E-state index >= 15 is 0 Å². The summed E-state index contributed by atoms with van der Waals surface area (Å²) in [6.07, 6.45) is 3.90. The summed E-state index contributed by atoms with van der Waals surface area (Å²) in [4.78, 5) is 7.14. The van der Waals surface area contributed by atoms with Crippen molar-refractivity contribution in [3.8, 4) is 0 Å². The lowest BCUT2D eigenvalue weighted by molar-refractivity contribution is 0.411. The van der Waals surface area contributed by atoms with Crippen LogP contribution in [0.25, 0.3) is 0 Å². The molecule has 16 heavy (non-hydrogen) atoms. The van der Waals surface area contributed by atoms with Crippen LogP contribution in [0.1, 0.15) is 38.8 Å². The van der Waals surface area contributed by atoms with Crippen molar-refractivity contribution in [1.82, 2.24) is 4.98 Å². The van der Waals surface area contributed by atoms with Crippen molar-refractivity contribution in [3.05, 3.63) is 22.3 Å². The Bertz CT molecular complexity index is 368. The van der Waals surface area contributed by atoms with E-state index in [1.807, 2.05) is 6.92 Å². The van der Waals surface area contributed by atoms with Gasteiger partial charge in [0.1, 0.15) is 5.82 Å². The molecule has 1 aliphatic rings. The molecular formula is C13H19BrN2. The monoisotopic (exact) mass is 282 g/mol. The van der Waals surface area contributed by atoms with Gasteiger partial charge >= 0.3 is 0 Å². The fourth-order valence-corrected chi connectivity index (χ4v) is 2.77. The number of anilines is 1. The van der Waals surface area contributed by atoms with E-state index in [0.717, 1.165) is 16.0 Å². The van der Waals surface area contributed by atoms with E-state index in [1.54, 1.807) is 0 Å². The summed E-state index contributed by atoms with van der Waals surface area (Å²) < 4.78 is 1.09. The van der Waals surface area contributed by atoms with E-state index in [2.05, 4.69) is 51.8 Å². The number of piperidine rings is 1. The summed E-state index contributed by atoms with van der Waals surface area (Å²) in [5.41, 5.74) is 1.07. The van der Waals surface area contributed by atoms with Crippen LogP contribution in [-0.4, -0.2) is 17.1 Å². The van der Waals surface area contributed by atoms with Crippen LogP contribution in [-0.2, 0) is 0 Å². The zero-order valence-corrected chi connectivity index (χ0v) is 11.8. The standard InChI is InChI=1S/C13H19BrN2/c1-9-5-4-6-10(2)16(9)13-8-7-12(14)11(3)15-13/h7-10H,4-6H2,1-3H3. The van der Waals surface area contributed by atoms with Gasteiger partial charge in [0.05, 0.1) is 5.69 Å². The lowest BCUT2D eigenvalue weighted by Gasteiger charge is -2.40. The number of pyridine rings is 1. The minimum Gasteiger partial charge on any atom is -0.351 e. The predicted molar refractivity (Wildman–Crippen MR) is 71.9 cm³/mol. The molecule has 0 bridgehead atoms. The molecule has 1 fully saturated rings. The number of hydrogen-bond acceptors (Lipinski definition) is 2. The summed E-state index contributed by atoms with van der Waals surface area (Å²) in [6.45, 7) is 6.65. The fourth-order valence-electron chi connectivity index (χ4n) is 2.55. The summed E-state index contributed by atoms with van der Waals surface area (Å²) in [7, 11) is 0. The third kappa shape index (κ3) is 2.24. The minimum absolute atomic E-state index is 0.608. The molecule has 1 aromatic heterocycles. The first-order valence-corrected chi connectivity index (χ1v) is 6.80. The topological polar surface area (TPSA) is 16.1 Å². The molecule has 1 saturated heterocycles. The molecule has 2 rings (SSSR count). The highest BCUT2D eigenvalue weighted by atomic mass is 79.9. The average molecular weight is 283 g/mol. The summed E-state index contributed by atoms with van der Waals surface area (Å²) >= 11 is 3.50. The molecule has 1 aliphatic heterocycles. The largest absolute Gasteiger partial charge is 0.351 e. The molecule has 0 saturated carbocycles. The number of nitrogens with zero attached hydrogens (tertiary/aromatic N) is 2. The molecule has 2 nitrogen and oxygen atoms in total. The Morgan fingerprint density at radius 1 is 1.25 bits per heavy atom. The number of aryl methyl sites for hydroxylation is 1. The highest BCUT2D eigenvalue weighted by Gasteiger charge is 2.25. The van der Waals surface area contributed by atoms with Gasteiger partial charge in [-0.3, -0.25) is 0 Å². The van der Waals surface area contributed by atoms with Crippen LogP contribution in [0.3, 0.4) is 0 Å².